The predicted molar refractivity (Wildman–Crippen MR) is 284 cm³/mol. The highest BCUT2D eigenvalue weighted by Gasteiger charge is 2.56. The minimum Gasteiger partial charge on any atom is -0.228 e. The molecule has 15 rings (SSSR count). The first-order chi connectivity index (χ1) is 34.7. The largest absolute Gasteiger partial charge is 0.228 e. The van der Waals surface area contributed by atoms with Crippen LogP contribution >= 0.6 is 0 Å². The fourth-order valence-electron chi connectivity index (χ4n) is 13.4. The van der Waals surface area contributed by atoms with Crippen LogP contribution in [0.4, 0.5) is 0 Å². The number of hydrogen-bond donors (Lipinski definition) is 0. The molecule has 2 unspecified atom stereocenters. The summed E-state index contributed by atoms with van der Waals surface area (Å²) >= 11 is 0. The predicted octanol–water partition coefficient (Wildman–Crippen LogP) is 15.9. The highest BCUT2D eigenvalue weighted by molar-refractivity contribution is 5.98. The molecule has 2 atom stereocenters. The van der Waals surface area contributed by atoms with Crippen molar-refractivity contribution in [2.45, 2.75) is 23.2 Å². The Kier molecular flexibility index (Phi) is 8.36. The molecule has 1 heterocycles. The van der Waals surface area contributed by atoms with E-state index < -0.39 is 10.8 Å². The van der Waals surface area contributed by atoms with Gasteiger partial charge in [0.1, 0.15) is 0 Å². The van der Waals surface area contributed by atoms with Gasteiger partial charge in [0, 0.05) is 22.6 Å². The molecule has 0 saturated carbocycles. The zero-order chi connectivity index (χ0) is 46.0. The van der Waals surface area contributed by atoms with E-state index in [-0.39, 0.29) is 5.92 Å². The van der Waals surface area contributed by atoms with Crippen molar-refractivity contribution in [3.63, 3.8) is 0 Å². The summed E-state index contributed by atoms with van der Waals surface area (Å²) in [4.78, 5) is 10.5. The van der Waals surface area contributed by atoms with Crippen LogP contribution in [0, 0.1) is 0 Å². The molecule has 0 bridgehead atoms. The third-order valence-electron chi connectivity index (χ3n) is 16.1. The van der Waals surface area contributed by atoms with Crippen LogP contribution in [0.2, 0.25) is 0 Å². The van der Waals surface area contributed by atoms with Gasteiger partial charge in [-0.05, 0) is 119 Å². The Balaban J connectivity index is 1.03. The maximum absolute atomic E-state index is 5.37. The van der Waals surface area contributed by atoms with Gasteiger partial charge >= 0.3 is 0 Å². The Morgan fingerprint density at radius 2 is 0.729 bits per heavy atom. The van der Waals surface area contributed by atoms with Gasteiger partial charge in [0.2, 0.25) is 0 Å². The molecule has 4 aliphatic rings. The number of aromatic nitrogens is 2. The number of fused-ring (bicyclic) bond motifs is 19. The lowest BCUT2D eigenvalue weighted by Gasteiger charge is -2.44. The van der Waals surface area contributed by atoms with Crippen LogP contribution in [-0.2, 0) is 17.3 Å². The Morgan fingerprint density at radius 1 is 0.286 bits per heavy atom. The highest BCUT2D eigenvalue weighted by Crippen LogP contribution is 2.67. The molecule has 1 aromatic heterocycles. The first-order valence-corrected chi connectivity index (χ1v) is 24.6. The summed E-state index contributed by atoms with van der Waals surface area (Å²) < 4.78 is 0. The van der Waals surface area contributed by atoms with Gasteiger partial charge in [0.25, 0.3) is 0 Å². The van der Waals surface area contributed by atoms with Crippen LogP contribution in [0.3, 0.4) is 0 Å². The van der Waals surface area contributed by atoms with Crippen molar-refractivity contribution in [2.75, 3.05) is 0 Å². The van der Waals surface area contributed by atoms with Crippen LogP contribution in [0.5, 0.6) is 0 Å². The van der Waals surface area contributed by atoms with Crippen molar-refractivity contribution in [2.24, 2.45) is 0 Å². The maximum Gasteiger partial charge on any atom is 0.160 e. The molecule has 70 heavy (non-hydrogen) atoms. The van der Waals surface area contributed by atoms with Crippen molar-refractivity contribution in [3.05, 3.63) is 310 Å². The summed E-state index contributed by atoms with van der Waals surface area (Å²) in [6.07, 6.45) is 0.890. The van der Waals surface area contributed by atoms with Crippen molar-refractivity contribution in [3.8, 4) is 67.3 Å². The molecule has 11 aromatic rings. The van der Waals surface area contributed by atoms with Crippen LogP contribution in [0.25, 0.3) is 67.3 Å². The lowest BCUT2D eigenvalue weighted by molar-refractivity contribution is 0.655. The quantitative estimate of drug-likeness (QED) is 0.172. The van der Waals surface area contributed by atoms with E-state index in [2.05, 4.69) is 243 Å². The molecule has 0 aliphatic heterocycles. The summed E-state index contributed by atoms with van der Waals surface area (Å²) in [6.45, 7) is 0. The third-order valence-corrected chi connectivity index (χ3v) is 16.1. The average molecular weight is 889 g/mol. The van der Waals surface area contributed by atoms with Gasteiger partial charge in [-0.25, -0.2) is 9.97 Å². The SMILES string of the molecule is c1ccc(CC2c3ccccc3C3(c4ccccc4-c4ccccc43)c3cc4c(cc32)C2(c3ccccc3-c3ccc(-c5cc(-c6ccccc6)nc(-c6ccccc6)n5)cc32)c2ccccc2-4)cc1. The lowest BCUT2D eigenvalue weighted by atomic mass is 9.57. The van der Waals surface area contributed by atoms with Crippen LogP contribution < -0.4 is 0 Å². The second-order valence-electron chi connectivity index (χ2n) is 19.5. The summed E-state index contributed by atoms with van der Waals surface area (Å²) in [7, 11) is 0. The summed E-state index contributed by atoms with van der Waals surface area (Å²) in [5.74, 6) is 0.828. The monoisotopic (exact) mass is 888 g/mol. The third kappa shape index (κ3) is 5.28. The molecule has 4 aliphatic carbocycles. The number of hydrogen-bond acceptors (Lipinski definition) is 2. The molecule has 2 spiro atoms. The van der Waals surface area contributed by atoms with E-state index >= 15 is 0 Å². The smallest absolute Gasteiger partial charge is 0.160 e. The van der Waals surface area contributed by atoms with Gasteiger partial charge in [0.15, 0.2) is 5.82 Å². The molecule has 2 nitrogen and oxygen atoms in total. The molecule has 326 valence electrons. The lowest BCUT2D eigenvalue weighted by Crippen LogP contribution is -2.36. The van der Waals surface area contributed by atoms with Crippen molar-refractivity contribution < 1.29 is 0 Å². The van der Waals surface area contributed by atoms with Crippen molar-refractivity contribution >= 4 is 0 Å². The molecule has 0 saturated heterocycles. The Morgan fingerprint density at radius 3 is 1.33 bits per heavy atom. The van der Waals surface area contributed by atoms with E-state index in [1.54, 1.807) is 0 Å². The Labute approximate surface area is 408 Å². The van der Waals surface area contributed by atoms with Gasteiger partial charge in [-0.15, -0.1) is 0 Å². The molecule has 0 radical (unpaired) electrons. The number of rotatable bonds is 5. The van der Waals surface area contributed by atoms with E-state index in [4.69, 9.17) is 9.97 Å². The van der Waals surface area contributed by atoms with Gasteiger partial charge in [-0.3, -0.25) is 0 Å². The average Bonchev–Trinajstić information content (AvgIpc) is 4.02. The molecule has 0 N–H and O–H groups in total. The molecular weight excluding hydrogens is 845 g/mol. The number of benzene rings is 10. The highest BCUT2D eigenvalue weighted by atomic mass is 14.9. The van der Waals surface area contributed by atoms with E-state index in [1.165, 1.54) is 94.6 Å². The topological polar surface area (TPSA) is 25.8 Å². The van der Waals surface area contributed by atoms with Crippen LogP contribution in [-0.4, -0.2) is 9.97 Å². The van der Waals surface area contributed by atoms with Gasteiger partial charge in [0.05, 0.1) is 22.2 Å². The van der Waals surface area contributed by atoms with Crippen LogP contribution in [0.15, 0.2) is 249 Å². The van der Waals surface area contributed by atoms with E-state index in [9.17, 15) is 0 Å². The summed E-state index contributed by atoms with van der Waals surface area (Å²) in [6, 6.07) is 92.9. The second-order valence-corrected chi connectivity index (χ2v) is 19.5. The maximum atomic E-state index is 5.37. The minimum atomic E-state index is -0.590. The first-order valence-electron chi connectivity index (χ1n) is 24.6. The second kappa shape index (κ2) is 14.9. The van der Waals surface area contributed by atoms with Gasteiger partial charge in [-0.2, -0.15) is 0 Å². The van der Waals surface area contributed by atoms with Crippen molar-refractivity contribution in [1.29, 1.82) is 0 Å². The minimum absolute atomic E-state index is 0.112. The molecule has 2 heteroatoms. The van der Waals surface area contributed by atoms with Gasteiger partial charge < -0.3 is 0 Å². The standard InChI is InChI=1S/C68H44N2/c1-4-20-43(21-5-1)38-53-50-29-13-18-34-59(50)67(56-31-15-10-26-47(56)48-27-11-16-32-57(48)67)63-40-54-51-30-14-19-35-60(51)68(62(54)41-55(53)63)58-33-17-12-28-49(58)52-37-36-46(39-61(52)68)65-42-64(44-22-6-2-7-23-44)69-66(70-65)45-24-8-3-9-25-45/h1-37,39-42,53H,38H2. The van der Waals surface area contributed by atoms with Gasteiger partial charge in [-0.1, -0.05) is 231 Å². The Hall–Kier alpha value is -8.72. The van der Waals surface area contributed by atoms with E-state index in [0.29, 0.717) is 5.82 Å². The normalized spacial score (nSPS) is 16.7. The summed E-state index contributed by atoms with van der Waals surface area (Å²) in [5, 5.41) is 0. The fourth-order valence-corrected chi connectivity index (χ4v) is 13.4. The molecule has 0 amide bonds. The number of nitrogens with zero attached hydrogens (tertiary/aromatic N) is 2. The molecule has 10 aromatic carbocycles. The Bertz CT molecular complexity index is 3820. The van der Waals surface area contributed by atoms with Crippen molar-refractivity contribution in [1.82, 2.24) is 9.97 Å². The fraction of sp³-hybridized carbons (Fsp3) is 0.0588. The first kappa shape index (κ1) is 39.3. The summed E-state index contributed by atoms with van der Waals surface area (Å²) in [5.41, 5.74) is 26.5. The molecule has 0 fully saturated rings. The van der Waals surface area contributed by atoms with E-state index in [1.807, 2.05) is 6.07 Å². The van der Waals surface area contributed by atoms with E-state index in [0.717, 1.165) is 34.5 Å². The zero-order valence-corrected chi connectivity index (χ0v) is 38.4. The molecular formula is C68H44N2. The zero-order valence-electron chi connectivity index (χ0n) is 38.4. The van der Waals surface area contributed by atoms with Crippen LogP contribution in [0.1, 0.15) is 67.1 Å².